The second-order valence-corrected chi connectivity index (χ2v) is 8.29. The van der Waals surface area contributed by atoms with Gasteiger partial charge in [-0.1, -0.05) is 12.1 Å². The van der Waals surface area contributed by atoms with Crippen molar-refractivity contribution in [1.82, 2.24) is 20.9 Å². The van der Waals surface area contributed by atoms with E-state index in [1.807, 2.05) is 39.8 Å². The summed E-state index contributed by atoms with van der Waals surface area (Å²) >= 11 is 0. The summed E-state index contributed by atoms with van der Waals surface area (Å²) in [5.74, 6) is 0.411. The quantitative estimate of drug-likeness (QED) is 0.329. The first-order valence-electron chi connectivity index (χ1n) is 10.8. The number of rotatable bonds is 8. The van der Waals surface area contributed by atoms with Crippen LogP contribution in [0.1, 0.15) is 39.3 Å². The van der Waals surface area contributed by atoms with Crippen LogP contribution in [0.25, 0.3) is 0 Å². The van der Waals surface area contributed by atoms with Crippen LogP contribution in [-0.2, 0) is 9.47 Å². The van der Waals surface area contributed by atoms with Gasteiger partial charge in [-0.05, 0) is 45.4 Å². The van der Waals surface area contributed by atoms with E-state index >= 15 is 0 Å². The number of nitrogens with one attached hydrogen (secondary N) is 3. The lowest BCUT2D eigenvalue weighted by Gasteiger charge is -2.34. The van der Waals surface area contributed by atoms with E-state index in [0.717, 1.165) is 18.7 Å². The number of hydrogen-bond donors (Lipinski definition) is 3. The van der Waals surface area contributed by atoms with Gasteiger partial charge in [0.25, 0.3) is 0 Å². The maximum absolute atomic E-state index is 13.4. The van der Waals surface area contributed by atoms with Gasteiger partial charge in [-0.25, -0.2) is 9.18 Å². The number of ether oxygens (including phenoxy) is 2. The molecule has 1 heterocycles. The largest absolute Gasteiger partial charge is 0.444 e. The highest BCUT2D eigenvalue weighted by Gasteiger charge is 2.22. The van der Waals surface area contributed by atoms with Gasteiger partial charge in [-0.3, -0.25) is 9.89 Å². The number of carbonyl (C=O) groups excluding carboxylic acids is 1. The summed E-state index contributed by atoms with van der Waals surface area (Å²) in [5, 5.41) is 9.16. The fraction of sp³-hybridized carbons (Fsp3) is 0.636. The van der Waals surface area contributed by atoms with Crippen LogP contribution in [0.5, 0.6) is 0 Å². The SMILES string of the molecule is CCNC(=NCC(c1ccc(F)cc1)N1CCOCC1)NCCNC(=O)OC(C)(C)C. The molecule has 1 atom stereocenters. The Labute approximate surface area is 184 Å². The number of carbonyl (C=O) groups is 1. The topological polar surface area (TPSA) is 87.2 Å². The molecule has 0 bridgehead atoms. The molecule has 0 aliphatic carbocycles. The van der Waals surface area contributed by atoms with Gasteiger partial charge < -0.3 is 25.4 Å². The Hall–Kier alpha value is -2.39. The minimum Gasteiger partial charge on any atom is -0.444 e. The van der Waals surface area contributed by atoms with E-state index in [4.69, 9.17) is 14.5 Å². The molecule has 2 rings (SSSR count). The molecule has 174 valence electrons. The van der Waals surface area contributed by atoms with E-state index in [1.54, 1.807) is 0 Å². The van der Waals surface area contributed by atoms with Crippen molar-refractivity contribution in [3.8, 4) is 0 Å². The van der Waals surface area contributed by atoms with E-state index in [2.05, 4.69) is 20.9 Å². The summed E-state index contributed by atoms with van der Waals surface area (Å²) in [6.45, 7) is 12.6. The molecule has 1 aromatic rings. The Bertz CT molecular complexity index is 700. The number of halogens is 1. The molecule has 31 heavy (non-hydrogen) atoms. The van der Waals surface area contributed by atoms with Crippen LogP contribution < -0.4 is 16.0 Å². The van der Waals surface area contributed by atoms with Crippen molar-refractivity contribution in [3.63, 3.8) is 0 Å². The normalized spacial score (nSPS) is 16.5. The van der Waals surface area contributed by atoms with E-state index in [0.29, 0.717) is 45.4 Å². The van der Waals surface area contributed by atoms with Gasteiger partial charge in [0.15, 0.2) is 5.96 Å². The van der Waals surface area contributed by atoms with Crippen molar-refractivity contribution < 1.29 is 18.7 Å². The highest BCUT2D eigenvalue weighted by molar-refractivity contribution is 5.79. The Balaban J connectivity index is 1.95. The third kappa shape index (κ3) is 9.52. The van der Waals surface area contributed by atoms with Crippen LogP contribution >= 0.6 is 0 Å². The minimum atomic E-state index is -0.525. The minimum absolute atomic E-state index is 0.0276. The predicted molar refractivity (Wildman–Crippen MR) is 120 cm³/mol. The molecule has 1 saturated heterocycles. The Morgan fingerprint density at radius 3 is 2.42 bits per heavy atom. The van der Waals surface area contributed by atoms with Crippen molar-refractivity contribution >= 4 is 12.1 Å². The maximum Gasteiger partial charge on any atom is 0.407 e. The highest BCUT2D eigenvalue weighted by Crippen LogP contribution is 2.22. The maximum atomic E-state index is 13.4. The fourth-order valence-corrected chi connectivity index (χ4v) is 3.18. The fourth-order valence-electron chi connectivity index (χ4n) is 3.18. The smallest absolute Gasteiger partial charge is 0.407 e. The molecule has 1 aliphatic rings. The lowest BCUT2D eigenvalue weighted by Crippen LogP contribution is -2.43. The average molecular weight is 438 g/mol. The predicted octanol–water partition coefficient (Wildman–Crippen LogP) is 2.28. The van der Waals surface area contributed by atoms with Crippen LogP contribution in [0.3, 0.4) is 0 Å². The molecular weight excluding hydrogens is 401 g/mol. The number of benzene rings is 1. The van der Waals surface area contributed by atoms with E-state index in [9.17, 15) is 9.18 Å². The third-order valence-corrected chi connectivity index (χ3v) is 4.59. The first kappa shape index (κ1) is 24.9. The van der Waals surface area contributed by atoms with Gasteiger partial charge >= 0.3 is 6.09 Å². The second-order valence-electron chi connectivity index (χ2n) is 8.29. The van der Waals surface area contributed by atoms with E-state index in [-0.39, 0.29) is 11.9 Å². The van der Waals surface area contributed by atoms with E-state index in [1.165, 1.54) is 12.1 Å². The molecule has 0 saturated carbocycles. The molecule has 1 aliphatic heterocycles. The molecule has 1 fully saturated rings. The number of amides is 1. The monoisotopic (exact) mass is 437 g/mol. The molecule has 9 heteroatoms. The van der Waals surface area contributed by atoms with Gasteiger partial charge in [0.1, 0.15) is 11.4 Å². The Kier molecular flexibility index (Phi) is 10.00. The van der Waals surface area contributed by atoms with Gasteiger partial charge in [0, 0.05) is 32.7 Å². The lowest BCUT2D eigenvalue weighted by atomic mass is 10.0. The van der Waals surface area contributed by atoms with Gasteiger partial charge in [-0.15, -0.1) is 0 Å². The van der Waals surface area contributed by atoms with Crippen molar-refractivity contribution in [3.05, 3.63) is 35.6 Å². The van der Waals surface area contributed by atoms with Crippen LogP contribution in [0.4, 0.5) is 9.18 Å². The number of guanidine groups is 1. The van der Waals surface area contributed by atoms with Crippen molar-refractivity contribution in [2.75, 3.05) is 52.5 Å². The van der Waals surface area contributed by atoms with Crippen LogP contribution in [0.15, 0.2) is 29.3 Å². The van der Waals surface area contributed by atoms with Crippen molar-refractivity contribution in [2.45, 2.75) is 39.3 Å². The van der Waals surface area contributed by atoms with Crippen LogP contribution in [-0.4, -0.2) is 75.0 Å². The average Bonchev–Trinajstić information content (AvgIpc) is 2.72. The number of hydrogen-bond acceptors (Lipinski definition) is 5. The number of alkyl carbamates (subject to hydrolysis) is 1. The molecule has 1 amide bonds. The summed E-state index contributed by atoms with van der Waals surface area (Å²) in [6.07, 6.45) is -0.445. The van der Waals surface area contributed by atoms with Gasteiger partial charge in [0.2, 0.25) is 0 Å². The molecular formula is C22H36FN5O3. The zero-order valence-corrected chi connectivity index (χ0v) is 19.0. The van der Waals surface area contributed by atoms with Crippen molar-refractivity contribution in [2.24, 2.45) is 4.99 Å². The standard InChI is InChI=1S/C22H36FN5O3/c1-5-24-20(25-10-11-26-21(29)31-22(2,3)4)27-16-19(28-12-14-30-15-13-28)17-6-8-18(23)9-7-17/h6-9,19H,5,10-16H2,1-4H3,(H,26,29)(H2,24,25,27). The summed E-state index contributed by atoms with van der Waals surface area (Å²) in [6, 6.07) is 6.63. The number of aliphatic imine (C=N–C) groups is 1. The van der Waals surface area contributed by atoms with Crippen LogP contribution in [0.2, 0.25) is 0 Å². The zero-order chi connectivity index (χ0) is 22.7. The Morgan fingerprint density at radius 2 is 1.81 bits per heavy atom. The van der Waals surface area contributed by atoms with Gasteiger partial charge in [-0.2, -0.15) is 0 Å². The second kappa shape index (κ2) is 12.5. The Morgan fingerprint density at radius 1 is 1.16 bits per heavy atom. The molecule has 8 nitrogen and oxygen atoms in total. The number of morpholine rings is 1. The lowest BCUT2D eigenvalue weighted by molar-refractivity contribution is 0.0179. The molecule has 0 aromatic heterocycles. The molecule has 0 spiro atoms. The van der Waals surface area contributed by atoms with Crippen molar-refractivity contribution in [1.29, 1.82) is 0 Å². The summed E-state index contributed by atoms with van der Waals surface area (Å²) in [7, 11) is 0. The zero-order valence-electron chi connectivity index (χ0n) is 19.0. The molecule has 1 unspecified atom stereocenters. The van der Waals surface area contributed by atoms with E-state index < -0.39 is 11.7 Å². The third-order valence-electron chi connectivity index (χ3n) is 4.59. The highest BCUT2D eigenvalue weighted by atomic mass is 19.1. The van der Waals surface area contributed by atoms with Gasteiger partial charge in [0.05, 0.1) is 25.8 Å². The number of nitrogens with zero attached hydrogens (tertiary/aromatic N) is 2. The molecule has 1 aromatic carbocycles. The summed E-state index contributed by atoms with van der Waals surface area (Å²) in [4.78, 5) is 18.8. The summed E-state index contributed by atoms with van der Waals surface area (Å²) < 4.78 is 24.1. The first-order chi connectivity index (χ1) is 14.8. The molecule has 3 N–H and O–H groups in total. The molecule has 0 radical (unpaired) electrons. The summed E-state index contributed by atoms with van der Waals surface area (Å²) in [5.41, 5.74) is 0.498. The first-order valence-corrected chi connectivity index (χ1v) is 10.8. The van der Waals surface area contributed by atoms with Crippen LogP contribution in [0, 0.1) is 5.82 Å².